The smallest absolute Gasteiger partial charge is 0.497 e. The second kappa shape index (κ2) is 16.9. The minimum atomic E-state index is -4.85. The number of allylic oxidation sites excluding steroid dienone is 2. The molecule has 0 aromatic heterocycles. The summed E-state index contributed by atoms with van der Waals surface area (Å²) >= 11 is 0. The molecule has 0 aliphatic heterocycles. The van der Waals surface area contributed by atoms with Gasteiger partial charge in [-0.25, -0.2) is 4.79 Å². The highest BCUT2D eigenvalue weighted by Gasteiger charge is 2.57. The quantitative estimate of drug-likeness (QED) is 0.116. The Morgan fingerprint density at radius 2 is 1.62 bits per heavy atom. The lowest BCUT2D eigenvalue weighted by Crippen LogP contribution is -2.54. The number of ketones is 1. The van der Waals surface area contributed by atoms with Crippen molar-refractivity contribution in [2.45, 2.75) is 89.3 Å². The van der Waals surface area contributed by atoms with Crippen molar-refractivity contribution < 1.29 is 42.4 Å². The van der Waals surface area contributed by atoms with Crippen LogP contribution in [0.3, 0.4) is 0 Å². The topological polar surface area (TPSA) is 108 Å². The van der Waals surface area contributed by atoms with E-state index in [4.69, 9.17) is 4.74 Å². The highest BCUT2D eigenvalue weighted by molar-refractivity contribution is 6.10. The zero-order chi connectivity index (χ0) is 40.1. The van der Waals surface area contributed by atoms with Crippen LogP contribution < -0.4 is 14.8 Å². The van der Waals surface area contributed by atoms with Crippen molar-refractivity contribution in [3.05, 3.63) is 137 Å². The van der Waals surface area contributed by atoms with E-state index in [0.717, 1.165) is 16.7 Å². The number of carbonyl (C=O) groups is 2. The number of aliphatic hydroxyl groups is 2. The summed E-state index contributed by atoms with van der Waals surface area (Å²) in [7, 11) is 1.54. The molecule has 3 aliphatic rings. The van der Waals surface area contributed by atoms with E-state index in [1.165, 1.54) is 36.3 Å². The van der Waals surface area contributed by atoms with Gasteiger partial charge in [0.15, 0.2) is 5.78 Å². The van der Waals surface area contributed by atoms with Gasteiger partial charge in [0, 0.05) is 28.8 Å². The molecule has 0 heterocycles. The van der Waals surface area contributed by atoms with E-state index in [9.17, 15) is 33.0 Å². The third kappa shape index (κ3) is 9.45. The number of aliphatic hydroxyl groups excluding tert-OH is 1. The van der Waals surface area contributed by atoms with Crippen LogP contribution in [0.25, 0.3) is 0 Å². The SMILES string of the molecule is COc1ccc(NC(=O)N(Cc2ccc(OC(F)(F)F)cc2)C[C@]2(O)CC[C@H]3c4ccc(cc4C(=O)c4ccccc4)C[C@@H](O)CCC(C)=CCC[C@@]32C)cc1. The number of amides is 2. The van der Waals surface area contributed by atoms with Crippen LogP contribution >= 0.6 is 0 Å². The van der Waals surface area contributed by atoms with E-state index in [-0.39, 0.29) is 30.5 Å². The molecule has 2 bridgehead atoms. The number of nitrogens with one attached hydrogen (secondary N) is 1. The molecule has 56 heavy (non-hydrogen) atoms. The summed E-state index contributed by atoms with van der Waals surface area (Å²) in [6.45, 7) is 3.96. The predicted molar refractivity (Wildman–Crippen MR) is 209 cm³/mol. The molecule has 3 N–H and O–H groups in total. The van der Waals surface area contributed by atoms with Gasteiger partial charge in [-0.3, -0.25) is 4.79 Å². The average Bonchev–Trinajstić information content (AvgIpc) is 3.42. The van der Waals surface area contributed by atoms with Crippen LogP contribution in [0.2, 0.25) is 0 Å². The number of benzene rings is 4. The van der Waals surface area contributed by atoms with Crippen LogP contribution in [-0.4, -0.2) is 58.6 Å². The molecule has 3 aliphatic carbocycles. The van der Waals surface area contributed by atoms with Gasteiger partial charge in [-0.05, 0) is 117 Å². The Morgan fingerprint density at radius 3 is 2.30 bits per heavy atom. The summed E-state index contributed by atoms with van der Waals surface area (Å²) in [5.41, 5.74) is 2.59. The van der Waals surface area contributed by atoms with Gasteiger partial charge in [-0.2, -0.15) is 0 Å². The Balaban J connectivity index is 1.39. The maximum atomic E-state index is 14.3. The van der Waals surface area contributed by atoms with E-state index in [1.807, 2.05) is 50.2 Å². The van der Waals surface area contributed by atoms with Crippen LogP contribution in [0, 0.1) is 5.41 Å². The average molecular weight is 771 g/mol. The van der Waals surface area contributed by atoms with Gasteiger partial charge in [-0.15, -0.1) is 13.2 Å². The minimum Gasteiger partial charge on any atom is -0.497 e. The maximum absolute atomic E-state index is 14.3. The first-order valence-electron chi connectivity index (χ1n) is 19.0. The molecule has 296 valence electrons. The normalized spacial score (nSPS) is 22.7. The fourth-order valence-electron chi connectivity index (χ4n) is 8.35. The summed E-state index contributed by atoms with van der Waals surface area (Å²) in [6.07, 6.45) is 0.399. The largest absolute Gasteiger partial charge is 0.573 e. The van der Waals surface area contributed by atoms with Crippen molar-refractivity contribution in [2.75, 3.05) is 19.0 Å². The van der Waals surface area contributed by atoms with E-state index < -0.39 is 29.5 Å². The van der Waals surface area contributed by atoms with Crippen LogP contribution in [-0.2, 0) is 13.0 Å². The van der Waals surface area contributed by atoms with Gasteiger partial charge >= 0.3 is 12.4 Å². The molecule has 2 amide bonds. The number of fused-ring (bicyclic) bond motifs is 8. The molecule has 8 nitrogen and oxygen atoms in total. The Labute approximate surface area is 326 Å². The highest BCUT2D eigenvalue weighted by Crippen LogP contribution is 2.59. The lowest BCUT2D eigenvalue weighted by Gasteiger charge is -2.46. The van der Waals surface area contributed by atoms with Gasteiger partial charge in [0.05, 0.1) is 25.4 Å². The Bertz CT molecular complexity index is 2020. The molecule has 0 unspecified atom stereocenters. The fourth-order valence-corrected chi connectivity index (χ4v) is 8.35. The van der Waals surface area contributed by atoms with Gasteiger partial charge in [0.1, 0.15) is 11.5 Å². The monoisotopic (exact) mass is 770 g/mol. The summed E-state index contributed by atoms with van der Waals surface area (Å²) in [6, 6.07) is 26.5. The van der Waals surface area contributed by atoms with E-state index >= 15 is 0 Å². The zero-order valence-electron chi connectivity index (χ0n) is 31.9. The number of hydrogen-bond acceptors (Lipinski definition) is 6. The predicted octanol–water partition coefficient (Wildman–Crippen LogP) is 9.60. The summed E-state index contributed by atoms with van der Waals surface area (Å²) < 4.78 is 48.1. The molecule has 7 rings (SSSR count). The Morgan fingerprint density at radius 1 is 0.929 bits per heavy atom. The number of carbonyl (C=O) groups excluding carboxylic acids is 2. The highest BCUT2D eigenvalue weighted by atomic mass is 19.4. The number of nitrogens with zero attached hydrogens (tertiary/aromatic N) is 1. The van der Waals surface area contributed by atoms with E-state index in [1.54, 1.807) is 36.4 Å². The van der Waals surface area contributed by atoms with Crippen molar-refractivity contribution in [3.8, 4) is 11.5 Å². The zero-order valence-corrected chi connectivity index (χ0v) is 31.9. The molecule has 11 heteroatoms. The third-order valence-electron chi connectivity index (χ3n) is 11.6. The first-order valence-corrected chi connectivity index (χ1v) is 19.0. The number of rotatable bonds is 9. The van der Waals surface area contributed by atoms with Crippen molar-refractivity contribution in [2.24, 2.45) is 5.41 Å². The van der Waals surface area contributed by atoms with Gasteiger partial charge < -0.3 is 29.9 Å². The van der Waals surface area contributed by atoms with Crippen molar-refractivity contribution in [3.63, 3.8) is 0 Å². The lowest BCUT2D eigenvalue weighted by molar-refractivity contribution is -0.274. The third-order valence-corrected chi connectivity index (χ3v) is 11.6. The minimum absolute atomic E-state index is 0.0227. The fraction of sp³-hybridized carbons (Fsp3) is 0.378. The maximum Gasteiger partial charge on any atom is 0.573 e. The summed E-state index contributed by atoms with van der Waals surface area (Å²) in [5.74, 6) is -0.204. The van der Waals surface area contributed by atoms with Crippen molar-refractivity contribution in [1.82, 2.24) is 4.90 Å². The van der Waals surface area contributed by atoms with Gasteiger partial charge in [0.2, 0.25) is 0 Å². The molecule has 1 fully saturated rings. The number of hydrogen-bond donors (Lipinski definition) is 3. The van der Waals surface area contributed by atoms with Crippen LogP contribution in [0.4, 0.5) is 23.7 Å². The first kappa shape index (κ1) is 40.5. The lowest BCUT2D eigenvalue weighted by atomic mass is 9.64. The molecule has 0 saturated heterocycles. The second-order valence-electron chi connectivity index (χ2n) is 15.3. The Hall–Kier alpha value is -5.13. The molecule has 0 radical (unpaired) electrons. The molecule has 4 aromatic rings. The van der Waals surface area contributed by atoms with Gasteiger partial charge in [0.25, 0.3) is 0 Å². The summed E-state index contributed by atoms with van der Waals surface area (Å²) in [5, 5.41) is 26.9. The molecule has 4 aromatic carbocycles. The van der Waals surface area contributed by atoms with Crippen molar-refractivity contribution in [1.29, 1.82) is 0 Å². The molecule has 4 atom stereocenters. The first-order chi connectivity index (χ1) is 26.7. The van der Waals surface area contributed by atoms with Crippen LogP contribution in [0.1, 0.15) is 90.9 Å². The number of alkyl halides is 3. The van der Waals surface area contributed by atoms with E-state index in [2.05, 4.69) is 16.1 Å². The standard InChI is InChI=1S/C45H49F3N2O6/c1-30-8-7-24-43(2)40(38-22-14-32(26-35(51)17-11-30)27-39(38)41(52)33-9-5-4-6-10-33)23-25-44(43,54)29-50(42(53)49-34-15-20-36(55-3)21-16-34)28-31-12-18-37(19-13-31)56-45(46,47)48/h4-6,8-10,12-16,18-22,27,35,40,51,54H,7,11,17,23-26,28-29H2,1-3H3,(H,49,53)/t35-,40-,43-,44+/m0/s1. The van der Waals surface area contributed by atoms with Crippen LogP contribution in [0.15, 0.2) is 109 Å². The Kier molecular flexibility index (Phi) is 12.3. The number of anilines is 1. The number of methoxy groups -OCH3 is 1. The molecular formula is C45H49F3N2O6. The van der Waals surface area contributed by atoms with Crippen molar-refractivity contribution >= 4 is 17.5 Å². The molecule has 0 spiro atoms. The number of ether oxygens (including phenoxy) is 2. The number of urea groups is 1. The van der Waals surface area contributed by atoms with E-state index in [0.29, 0.717) is 73.1 Å². The second-order valence-corrected chi connectivity index (χ2v) is 15.3. The number of halogens is 3. The summed E-state index contributed by atoms with van der Waals surface area (Å²) in [4.78, 5) is 30.0. The molecule has 1 saturated carbocycles. The van der Waals surface area contributed by atoms with Gasteiger partial charge in [-0.1, -0.05) is 73.2 Å². The molecular weight excluding hydrogens is 721 g/mol. The van der Waals surface area contributed by atoms with Crippen LogP contribution in [0.5, 0.6) is 11.5 Å².